The first kappa shape index (κ1) is 19.4. The minimum absolute atomic E-state index is 0.407. The van der Waals surface area contributed by atoms with Crippen molar-refractivity contribution in [2.75, 3.05) is 5.43 Å². The second-order valence-corrected chi connectivity index (χ2v) is 8.79. The molecular weight excluding hydrogens is 461 g/mol. The number of hydrogen-bond donors (Lipinski definition) is 1. The van der Waals surface area contributed by atoms with Crippen LogP contribution in [-0.4, -0.2) is 4.98 Å². The molecule has 4 nitrogen and oxygen atoms in total. The van der Waals surface area contributed by atoms with Gasteiger partial charge in [-0.05, 0) is 48.5 Å². The van der Waals surface area contributed by atoms with Crippen LogP contribution in [0.5, 0.6) is 0 Å². The molecule has 3 aromatic carbocycles. The van der Waals surface area contributed by atoms with Gasteiger partial charge in [0, 0.05) is 27.1 Å². The van der Waals surface area contributed by atoms with E-state index in [0.717, 1.165) is 15.8 Å². The number of hydrogen-bond acceptors (Lipinski definition) is 5. The van der Waals surface area contributed by atoms with Crippen LogP contribution < -0.4 is 10.8 Å². The Morgan fingerprint density at radius 1 is 0.900 bits per heavy atom. The van der Waals surface area contributed by atoms with E-state index >= 15 is 0 Å². The predicted molar refractivity (Wildman–Crippen MR) is 125 cm³/mol. The summed E-state index contributed by atoms with van der Waals surface area (Å²) in [6.07, 6.45) is 0. The van der Waals surface area contributed by atoms with Gasteiger partial charge in [0.25, 0.3) is 0 Å². The van der Waals surface area contributed by atoms with Crippen LogP contribution in [0.3, 0.4) is 0 Å². The highest BCUT2D eigenvalue weighted by molar-refractivity contribution is 7.22. The maximum Gasteiger partial charge on any atom is 0.204 e. The zero-order chi connectivity index (χ0) is 20.7. The second-order valence-electron chi connectivity index (χ2n) is 6.48. The number of thiazole rings is 1. The first-order valence-electron chi connectivity index (χ1n) is 8.91. The third-order valence-electron chi connectivity index (χ3n) is 4.46. The highest BCUT2D eigenvalue weighted by atomic mass is 35.5. The quantitative estimate of drug-likeness (QED) is 0.275. The standard InChI is InChI=1S/C22H12Cl3N3OS/c23-13-7-5-12(6-8-13)19-11-18(15-9-14(24)10-16(25)21(15)29-19)27-28-22-26-17-3-1-2-4-20(17)30-22/h1-11H,(H,26,28)/b27-18+. The van der Waals surface area contributed by atoms with Gasteiger partial charge in [-0.3, -0.25) is 5.43 Å². The summed E-state index contributed by atoms with van der Waals surface area (Å²) in [4.78, 5) is 4.56. The summed E-state index contributed by atoms with van der Waals surface area (Å²) in [7, 11) is 0. The van der Waals surface area contributed by atoms with Crippen molar-refractivity contribution in [1.29, 1.82) is 0 Å². The van der Waals surface area contributed by atoms with Crippen molar-refractivity contribution in [3.8, 4) is 11.3 Å². The number of rotatable bonds is 3. The first-order chi connectivity index (χ1) is 14.6. The molecule has 0 radical (unpaired) electrons. The summed E-state index contributed by atoms with van der Waals surface area (Å²) in [5, 5.41) is 8.14. The zero-order valence-electron chi connectivity index (χ0n) is 15.2. The topological polar surface area (TPSA) is 50.4 Å². The van der Waals surface area contributed by atoms with Gasteiger partial charge in [-0.2, -0.15) is 5.10 Å². The summed E-state index contributed by atoms with van der Waals surface area (Å²) in [5.41, 5.74) is 5.32. The molecule has 30 heavy (non-hydrogen) atoms. The average molecular weight is 473 g/mol. The van der Waals surface area contributed by atoms with E-state index in [2.05, 4.69) is 15.5 Å². The fourth-order valence-corrected chi connectivity index (χ4v) is 4.54. The van der Waals surface area contributed by atoms with Crippen LogP contribution in [0.25, 0.3) is 32.5 Å². The van der Waals surface area contributed by atoms with Gasteiger partial charge in [-0.25, -0.2) is 4.98 Å². The van der Waals surface area contributed by atoms with Gasteiger partial charge < -0.3 is 4.42 Å². The van der Waals surface area contributed by atoms with E-state index in [1.165, 1.54) is 11.3 Å². The lowest BCUT2D eigenvalue weighted by atomic mass is 10.1. The molecule has 0 saturated heterocycles. The third-order valence-corrected chi connectivity index (χ3v) is 6.15. The van der Waals surface area contributed by atoms with E-state index in [1.807, 2.05) is 42.5 Å². The smallest absolute Gasteiger partial charge is 0.204 e. The van der Waals surface area contributed by atoms with Gasteiger partial charge in [0.1, 0.15) is 5.76 Å². The van der Waals surface area contributed by atoms with Crippen LogP contribution in [-0.2, 0) is 0 Å². The third kappa shape index (κ3) is 3.77. The Morgan fingerprint density at radius 3 is 2.50 bits per heavy atom. The summed E-state index contributed by atoms with van der Waals surface area (Å²) >= 11 is 20.2. The molecule has 0 aliphatic rings. The van der Waals surface area contributed by atoms with Gasteiger partial charge in [0.2, 0.25) is 5.13 Å². The molecule has 0 amide bonds. The molecule has 5 aromatic rings. The Morgan fingerprint density at radius 2 is 1.70 bits per heavy atom. The van der Waals surface area contributed by atoms with Crippen molar-refractivity contribution in [2.45, 2.75) is 0 Å². The van der Waals surface area contributed by atoms with Crippen LogP contribution in [0.4, 0.5) is 5.13 Å². The van der Waals surface area contributed by atoms with Gasteiger partial charge >= 0.3 is 0 Å². The van der Waals surface area contributed by atoms with Crippen LogP contribution in [0.15, 0.2) is 76.2 Å². The van der Waals surface area contributed by atoms with Crippen molar-refractivity contribution >= 4 is 72.5 Å². The lowest BCUT2D eigenvalue weighted by Crippen LogP contribution is -2.07. The van der Waals surface area contributed by atoms with Gasteiger partial charge in [0.15, 0.2) is 5.58 Å². The molecule has 8 heteroatoms. The lowest BCUT2D eigenvalue weighted by molar-refractivity contribution is 0.618. The van der Waals surface area contributed by atoms with Crippen molar-refractivity contribution in [3.63, 3.8) is 0 Å². The van der Waals surface area contributed by atoms with E-state index in [9.17, 15) is 0 Å². The summed E-state index contributed by atoms with van der Waals surface area (Å²) in [5.74, 6) is 0.605. The molecule has 0 bridgehead atoms. The number of para-hydroxylation sites is 1. The molecule has 2 aromatic heterocycles. The Labute approximate surface area is 190 Å². The molecule has 2 heterocycles. The number of benzene rings is 3. The first-order valence-corrected chi connectivity index (χ1v) is 10.9. The molecule has 0 aliphatic carbocycles. The van der Waals surface area contributed by atoms with Gasteiger partial charge in [-0.15, -0.1) is 0 Å². The van der Waals surface area contributed by atoms with Gasteiger partial charge in [0.05, 0.1) is 20.6 Å². The molecule has 0 aliphatic heterocycles. The van der Waals surface area contributed by atoms with E-state index in [-0.39, 0.29) is 0 Å². The molecule has 0 fully saturated rings. The summed E-state index contributed by atoms with van der Waals surface area (Å²) in [6, 6.07) is 20.5. The minimum Gasteiger partial charge on any atom is -0.454 e. The maximum absolute atomic E-state index is 6.42. The fraction of sp³-hybridized carbons (Fsp3) is 0. The predicted octanol–water partition coefficient (Wildman–Crippen LogP) is 7.60. The molecule has 0 saturated carbocycles. The monoisotopic (exact) mass is 471 g/mol. The molecule has 1 N–H and O–H groups in total. The normalized spacial score (nSPS) is 12.0. The van der Waals surface area contributed by atoms with E-state index in [4.69, 9.17) is 39.2 Å². The second kappa shape index (κ2) is 7.93. The molecule has 148 valence electrons. The number of anilines is 1. The molecule has 0 atom stereocenters. The number of aromatic nitrogens is 1. The van der Waals surface area contributed by atoms with Crippen molar-refractivity contribution in [1.82, 2.24) is 4.98 Å². The molecular formula is C22H12Cl3N3OS. The number of halogens is 3. The summed E-state index contributed by atoms with van der Waals surface area (Å²) in [6.45, 7) is 0. The van der Waals surface area contributed by atoms with Crippen LogP contribution in [0.1, 0.15) is 0 Å². The highest BCUT2D eigenvalue weighted by Gasteiger charge is 2.11. The van der Waals surface area contributed by atoms with E-state index < -0.39 is 0 Å². The average Bonchev–Trinajstić information content (AvgIpc) is 3.16. The minimum atomic E-state index is 0.407. The number of fused-ring (bicyclic) bond motifs is 2. The van der Waals surface area contributed by atoms with Crippen molar-refractivity contribution < 1.29 is 4.42 Å². The lowest BCUT2D eigenvalue weighted by Gasteiger charge is -2.07. The van der Waals surface area contributed by atoms with E-state index in [1.54, 1.807) is 24.3 Å². The van der Waals surface area contributed by atoms with E-state index in [0.29, 0.717) is 42.3 Å². The highest BCUT2D eigenvalue weighted by Crippen LogP contribution is 2.30. The maximum atomic E-state index is 6.42. The van der Waals surface area contributed by atoms with Crippen LogP contribution in [0, 0.1) is 0 Å². The van der Waals surface area contributed by atoms with Crippen LogP contribution >= 0.6 is 46.1 Å². The molecule has 0 spiro atoms. The van der Waals surface area contributed by atoms with Crippen molar-refractivity contribution in [3.05, 3.63) is 87.2 Å². The van der Waals surface area contributed by atoms with Crippen molar-refractivity contribution in [2.24, 2.45) is 5.10 Å². The largest absolute Gasteiger partial charge is 0.454 e. The zero-order valence-corrected chi connectivity index (χ0v) is 18.3. The SMILES string of the molecule is Clc1ccc(-c2c/c(=N\Nc3nc4ccccc4s3)c3cc(Cl)cc(Cl)c3o2)cc1. The van der Waals surface area contributed by atoms with Crippen LogP contribution in [0.2, 0.25) is 15.1 Å². The Balaban J connectivity index is 1.68. The Hall–Kier alpha value is -2.57. The van der Waals surface area contributed by atoms with Gasteiger partial charge in [-0.1, -0.05) is 58.3 Å². The molecule has 0 unspecified atom stereocenters. The Kier molecular flexibility index (Phi) is 5.13. The number of nitrogens with zero attached hydrogens (tertiary/aromatic N) is 2. The summed E-state index contributed by atoms with van der Waals surface area (Å²) < 4.78 is 7.16. The number of nitrogens with one attached hydrogen (secondary N) is 1. The molecule has 5 rings (SSSR count). The fourth-order valence-electron chi connectivity index (χ4n) is 3.07. The Bertz CT molecular complexity index is 1430.